The van der Waals surface area contributed by atoms with Crippen LogP contribution in [-0.4, -0.2) is 51.3 Å². The van der Waals surface area contributed by atoms with Crippen molar-refractivity contribution < 1.29 is 31.5 Å². The molecule has 1 saturated heterocycles. The molecule has 3 aromatic rings. The number of rotatable bonds is 14. The van der Waals surface area contributed by atoms with Crippen LogP contribution in [-0.2, 0) is 22.3 Å². The predicted molar refractivity (Wildman–Crippen MR) is 167 cm³/mol. The van der Waals surface area contributed by atoms with Crippen LogP contribution in [0.25, 0.3) is 11.4 Å². The topological polar surface area (TPSA) is 96.0 Å². The molecule has 1 unspecified atom stereocenters. The Labute approximate surface area is 271 Å². The van der Waals surface area contributed by atoms with Gasteiger partial charge in [-0.25, -0.2) is 13.9 Å². The number of tetrazole rings is 1. The van der Waals surface area contributed by atoms with Crippen LogP contribution in [0.2, 0.25) is 0 Å². The smallest absolute Gasteiger partial charge is 0.368 e. The summed E-state index contributed by atoms with van der Waals surface area (Å²) >= 11 is 0. The molecule has 1 aliphatic heterocycles. The molecule has 1 amide bonds. The van der Waals surface area contributed by atoms with E-state index in [1.54, 1.807) is 12.1 Å². The second kappa shape index (κ2) is 14.5. The third-order valence-electron chi connectivity index (χ3n) is 9.06. The number of halogens is 5. The first kappa shape index (κ1) is 34.5. The van der Waals surface area contributed by atoms with Crippen molar-refractivity contribution in [3.63, 3.8) is 0 Å². The normalized spacial score (nSPS) is 20.5. The number of ether oxygens (including phenoxy) is 1. The minimum atomic E-state index is -4.69. The average molecular weight is 661 g/mol. The van der Waals surface area contributed by atoms with E-state index in [1.807, 2.05) is 0 Å². The van der Waals surface area contributed by atoms with Gasteiger partial charge in [-0.05, 0) is 110 Å². The molecule has 3 atom stereocenters. The summed E-state index contributed by atoms with van der Waals surface area (Å²) in [4.78, 5) is 15.7. The zero-order chi connectivity index (χ0) is 33.8. The van der Waals surface area contributed by atoms with Crippen LogP contribution < -0.4 is 10.2 Å². The van der Waals surface area contributed by atoms with Gasteiger partial charge in [0.2, 0.25) is 0 Å². The van der Waals surface area contributed by atoms with Crippen molar-refractivity contribution in [1.82, 2.24) is 25.9 Å². The number of carbonyl (C=O) groups excluding carboxylic acids is 1. The molecule has 2 aromatic carbocycles. The molecule has 0 bridgehead atoms. The summed E-state index contributed by atoms with van der Waals surface area (Å²) in [6.07, 6.45) is 1.40. The summed E-state index contributed by atoms with van der Waals surface area (Å²) in [7, 11) is 0. The molecular weight excluding hydrogens is 619 g/mol. The standard InChI is InChI=1S/C34H41F5N6O2/c1-4-11-45(28-7-8-30(36)29(17-28)31-41-43-44-42-31)22(3)12-21(2)13-24-9-10-33(47-20-24,18-23-5-6-23)32(46)40-19-25-14-26(34(37,38)39)16-27(35)15-25/h7-8,14-17,22-24H,2,4-6,9-13,18-20H2,1,3H3,(H,40,46)(H,41,42,43,44)/t22?,24-,33-/m0/s1. The second-order valence-electron chi connectivity index (χ2n) is 13.0. The van der Waals surface area contributed by atoms with Gasteiger partial charge in [-0.3, -0.25) is 4.79 Å². The minimum Gasteiger partial charge on any atom is -0.368 e. The first-order chi connectivity index (χ1) is 22.4. The number of nitrogens with zero attached hydrogens (tertiary/aromatic N) is 4. The lowest BCUT2D eigenvalue weighted by Crippen LogP contribution is -2.52. The van der Waals surface area contributed by atoms with E-state index in [0.717, 1.165) is 55.6 Å². The van der Waals surface area contributed by atoms with Gasteiger partial charge < -0.3 is 15.0 Å². The number of nitrogens with one attached hydrogen (secondary N) is 2. The predicted octanol–water partition coefficient (Wildman–Crippen LogP) is 7.39. The van der Waals surface area contributed by atoms with Crippen LogP contribution in [0.3, 0.4) is 0 Å². The molecule has 13 heteroatoms. The largest absolute Gasteiger partial charge is 0.416 e. The van der Waals surface area contributed by atoms with E-state index in [2.05, 4.69) is 51.3 Å². The number of aromatic nitrogens is 4. The van der Waals surface area contributed by atoms with Crippen LogP contribution in [0.5, 0.6) is 0 Å². The lowest BCUT2D eigenvalue weighted by molar-refractivity contribution is -0.161. The lowest BCUT2D eigenvalue weighted by Gasteiger charge is -2.40. The van der Waals surface area contributed by atoms with Gasteiger partial charge in [0.15, 0.2) is 5.82 Å². The van der Waals surface area contributed by atoms with Crippen molar-refractivity contribution in [3.8, 4) is 11.4 Å². The third-order valence-corrected chi connectivity index (χ3v) is 9.06. The van der Waals surface area contributed by atoms with E-state index in [9.17, 15) is 26.7 Å². The summed E-state index contributed by atoms with van der Waals surface area (Å²) in [6.45, 7) is 9.44. The average Bonchev–Trinajstić information content (AvgIpc) is 3.66. The maximum absolute atomic E-state index is 14.6. The second-order valence-corrected chi connectivity index (χ2v) is 13.0. The lowest BCUT2D eigenvalue weighted by atomic mass is 9.81. The molecule has 1 saturated carbocycles. The summed E-state index contributed by atoms with van der Waals surface area (Å²) in [5.41, 5.74) is 0.0633. The van der Waals surface area contributed by atoms with E-state index in [0.29, 0.717) is 49.8 Å². The highest BCUT2D eigenvalue weighted by Gasteiger charge is 2.46. The van der Waals surface area contributed by atoms with Crippen LogP contribution in [0.4, 0.5) is 27.6 Å². The molecule has 47 heavy (non-hydrogen) atoms. The minimum absolute atomic E-state index is 0.0373. The number of hydrogen-bond acceptors (Lipinski definition) is 6. The fraction of sp³-hybridized carbons (Fsp3) is 0.529. The number of anilines is 1. The number of amides is 1. The number of aromatic amines is 1. The van der Waals surface area contributed by atoms with E-state index in [4.69, 9.17) is 4.74 Å². The van der Waals surface area contributed by atoms with Gasteiger partial charge in [-0.15, -0.1) is 5.10 Å². The van der Waals surface area contributed by atoms with E-state index < -0.39 is 29.0 Å². The molecule has 0 radical (unpaired) electrons. The molecule has 1 aliphatic carbocycles. The molecule has 5 rings (SSSR count). The number of alkyl halides is 3. The first-order valence-electron chi connectivity index (χ1n) is 16.1. The maximum Gasteiger partial charge on any atom is 0.416 e. The molecule has 0 spiro atoms. The van der Waals surface area contributed by atoms with Crippen molar-refractivity contribution in [2.24, 2.45) is 11.8 Å². The van der Waals surface area contributed by atoms with E-state index >= 15 is 0 Å². The third kappa shape index (κ3) is 8.74. The van der Waals surface area contributed by atoms with E-state index in [-0.39, 0.29) is 35.8 Å². The van der Waals surface area contributed by atoms with Crippen LogP contribution in [0, 0.1) is 23.5 Å². The van der Waals surface area contributed by atoms with Gasteiger partial charge in [0.25, 0.3) is 5.91 Å². The highest BCUT2D eigenvalue weighted by Crippen LogP contribution is 2.43. The number of hydrogen-bond donors (Lipinski definition) is 2. The fourth-order valence-corrected chi connectivity index (χ4v) is 6.52. The molecule has 2 heterocycles. The molecule has 2 aliphatic rings. The fourth-order valence-electron chi connectivity index (χ4n) is 6.52. The van der Waals surface area contributed by atoms with Gasteiger partial charge >= 0.3 is 6.18 Å². The molecule has 254 valence electrons. The Morgan fingerprint density at radius 3 is 2.60 bits per heavy atom. The number of H-pyrrole nitrogens is 1. The first-order valence-corrected chi connectivity index (χ1v) is 16.1. The molecule has 1 aromatic heterocycles. The Balaban J connectivity index is 1.18. The molecule has 2 N–H and O–H groups in total. The Kier molecular flexibility index (Phi) is 10.6. The molecule has 8 nitrogen and oxygen atoms in total. The van der Waals surface area contributed by atoms with Crippen molar-refractivity contribution in [1.29, 1.82) is 0 Å². The maximum atomic E-state index is 14.6. The van der Waals surface area contributed by atoms with Crippen molar-refractivity contribution in [2.75, 3.05) is 18.1 Å². The van der Waals surface area contributed by atoms with Gasteiger partial charge in [0.1, 0.15) is 17.2 Å². The van der Waals surface area contributed by atoms with Crippen LogP contribution in [0.15, 0.2) is 48.6 Å². The van der Waals surface area contributed by atoms with Gasteiger partial charge in [0.05, 0.1) is 17.7 Å². The van der Waals surface area contributed by atoms with Crippen molar-refractivity contribution in [2.45, 2.75) is 89.6 Å². The highest BCUT2D eigenvalue weighted by atomic mass is 19.4. The van der Waals surface area contributed by atoms with Crippen LogP contribution in [0.1, 0.15) is 76.3 Å². The SMILES string of the molecule is C=C(CC(C)N(CCC)c1ccc(F)c(-c2nnn[nH]2)c1)C[C@@H]1CC[C@](CC2CC2)(C(=O)NCc2cc(F)cc(C(F)(F)F)c2)OC1. The summed E-state index contributed by atoms with van der Waals surface area (Å²) < 4.78 is 74.3. The van der Waals surface area contributed by atoms with Crippen LogP contribution >= 0.6 is 0 Å². The Morgan fingerprint density at radius 1 is 1.17 bits per heavy atom. The monoisotopic (exact) mass is 660 g/mol. The summed E-state index contributed by atoms with van der Waals surface area (Å²) in [5, 5.41) is 16.3. The highest BCUT2D eigenvalue weighted by molar-refractivity contribution is 5.85. The van der Waals surface area contributed by atoms with E-state index in [1.165, 1.54) is 6.07 Å². The Bertz CT molecular complexity index is 1530. The number of benzene rings is 2. The summed E-state index contributed by atoms with van der Waals surface area (Å²) in [5.74, 6) is -1.02. The van der Waals surface area contributed by atoms with Gasteiger partial charge in [-0.2, -0.15) is 13.2 Å². The Hall–Kier alpha value is -3.87. The van der Waals surface area contributed by atoms with Gasteiger partial charge in [-0.1, -0.05) is 31.9 Å². The Morgan fingerprint density at radius 2 is 1.96 bits per heavy atom. The number of carbonyl (C=O) groups is 1. The molecule has 2 fully saturated rings. The molecular formula is C34H41F5N6O2. The zero-order valence-electron chi connectivity index (χ0n) is 26.7. The van der Waals surface area contributed by atoms with Crippen molar-refractivity contribution >= 4 is 11.6 Å². The van der Waals surface area contributed by atoms with Crippen molar-refractivity contribution in [3.05, 3.63) is 71.3 Å². The quantitative estimate of drug-likeness (QED) is 0.138. The van der Waals surface area contributed by atoms with Gasteiger partial charge in [0, 0.05) is 24.8 Å². The summed E-state index contributed by atoms with van der Waals surface area (Å²) in [6, 6.07) is 7.27. The zero-order valence-corrected chi connectivity index (χ0v) is 26.7.